The van der Waals surface area contributed by atoms with Gasteiger partial charge in [0.25, 0.3) is 0 Å². The molecule has 4 aliphatic carbocycles. The molecule has 4 fully saturated rings. The molecule has 5 nitrogen and oxygen atoms in total. The molecule has 28 heavy (non-hydrogen) atoms. The van der Waals surface area contributed by atoms with Crippen molar-refractivity contribution >= 4 is 23.5 Å². The molecule has 4 saturated carbocycles. The van der Waals surface area contributed by atoms with Crippen molar-refractivity contribution in [2.24, 2.45) is 17.8 Å². The fourth-order valence-corrected chi connectivity index (χ4v) is 6.05. The Kier molecular flexibility index (Phi) is 5.81. The molecule has 0 atom stereocenters. The molecule has 3 N–H and O–H groups in total. The third-order valence-corrected chi connectivity index (χ3v) is 6.96. The monoisotopic (exact) mass is 403 g/mol. The van der Waals surface area contributed by atoms with Crippen LogP contribution < -0.4 is 16.0 Å². The summed E-state index contributed by atoms with van der Waals surface area (Å²) in [7, 11) is 0. The van der Waals surface area contributed by atoms with E-state index in [-0.39, 0.29) is 17.5 Å². The maximum atomic E-state index is 12.4. The van der Waals surface area contributed by atoms with E-state index in [9.17, 15) is 9.59 Å². The standard InChI is InChI=1S/C22H30ClN3O2/c23-19-3-1-15(2-4-19)5-7-24-20(27)6-8-25-21(28)26-22-12-16-9-17(13-22)11-18(10-16)14-22/h1-4,16-18H,5-14H2,(H,24,27)(H2,25,26,28). The largest absolute Gasteiger partial charge is 0.356 e. The summed E-state index contributed by atoms with van der Waals surface area (Å²) < 4.78 is 0. The molecule has 4 bridgehead atoms. The van der Waals surface area contributed by atoms with E-state index in [1.807, 2.05) is 24.3 Å². The van der Waals surface area contributed by atoms with Crippen LogP contribution in [0.2, 0.25) is 5.02 Å². The summed E-state index contributed by atoms with van der Waals surface area (Å²) in [6, 6.07) is 7.52. The quantitative estimate of drug-likeness (QED) is 0.650. The molecule has 0 heterocycles. The van der Waals surface area contributed by atoms with Gasteiger partial charge in [0.05, 0.1) is 0 Å². The number of amides is 3. The van der Waals surface area contributed by atoms with E-state index < -0.39 is 0 Å². The van der Waals surface area contributed by atoms with E-state index in [0.29, 0.717) is 24.5 Å². The van der Waals surface area contributed by atoms with Crippen LogP contribution in [-0.4, -0.2) is 30.6 Å². The van der Waals surface area contributed by atoms with Gasteiger partial charge in [0.15, 0.2) is 0 Å². The van der Waals surface area contributed by atoms with Gasteiger partial charge in [-0.05, 0) is 80.4 Å². The first-order valence-corrected chi connectivity index (χ1v) is 10.9. The number of rotatable bonds is 7. The van der Waals surface area contributed by atoms with Crippen LogP contribution >= 0.6 is 11.6 Å². The molecule has 4 aliphatic rings. The van der Waals surface area contributed by atoms with Crippen molar-refractivity contribution in [3.63, 3.8) is 0 Å². The Balaban J connectivity index is 1.13. The smallest absolute Gasteiger partial charge is 0.315 e. The van der Waals surface area contributed by atoms with Gasteiger partial charge < -0.3 is 16.0 Å². The molecule has 0 saturated heterocycles. The predicted molar refractivity (Wildman–Crippen MR) is 110 cm³/mol. The number of halogens is 1. The minimum absolute atomic E-state index is 0.0136. The number of carbonyl (C=O) groups is 2. The summed E-state index contributed by atoms with van der Waals surface area (Å²) in [5.74, 6) is 2.37. The molecule has 0 radical (unpaired) electrons. The van der Waals surface area contributed by atoms with Gasteiger partial charge in [-0.3, -0.25) is 4.79 Å². The molecule has 3 amide bonds. The summed E-state index contributed by atoms with van der Waals surface area (Å²) in [5.41, 5.74) is 1.15. The Labute approximate surface area is 172 Å². The fraction of sp³-hybridized carbons (Fsp3) is 0.636. The van der Waals surface area contributed by atoms with Crippen LogP contribution in [-0.2, 0) is 11.2 Å². The molecule has 0 unspecified atom stereocenters. The van der Waals surface area contributed by atoms with Gasteiger partial charge in [-0.2, -0.15) is 0 Å². The van der Waals surface area contributed by atoms with Crippen LogP contribution in [0.3, 0.4) is 0 Å². The van der Waals surface area contributed by atoms with Crippen molar-refractivity contribution in [2.45, 2.75) is 56.9 Å². The van der Waals surface area contributed by atoms with Crippen molar-refractivity contribution in [3.05, 3.63) is 34.9 Å². The second kappa shape index (κ2) is 8.32. The van der Waals surface area contributed by atoms with Crippen LogP contribution in [0.1, 0.15) is 50.5 Å². The average Bonchev–Trinajstić information content (AvgIpc) is 2.62. The molecule has 5 rings (SSSR count). The lowest BCUT2D eigenvalue weighted by Gasteiger charge is -2.56. The van der Waals surface area contributed by atoms with Crippen LogP contribution in [0.5, 0.6) is 0 Å². The van der Waals surface area contributed by atoms with E-state index in [2.05, 4.69) is 16.0 Å². The van der Waals surface area contributed by atoms with Gasteiger partial charge >= 0.3 is 6.03 Å². The molecule has 152 valence electrons. The first-order chi connectivity index (χ1) is 13.5. The van der Waals surface area contributed by atoms with Crippen LogP contribution in [0.25, 0.3) is 0 Å². The van der Waals surface area contributed by atoms with Crippen LogP contribution in [0.4, 0.5) is 4.79 Å². The summed E-state index contributed by atoms with van der Waals surface area (Å²) >= 11 is 5.87. The molecular formula is C22H30ClN3O2. The molecule has 6 heteroatoms. The summed E-state index contributed by atoms with van der Waals surface area (Å²) in [4.78, 5) is 24.3. The number of hydrogen-bond acceptors (Lipinski definition) is 2. The molecule has 1 aromatic carbocycles. The Morgan fingerprint density at radius 2 is 1.54 bits per heavy atom. The van der Waals surface area contributed by atoms with Gasteiger partial charge in [-0.1, -0.05) is 23.7 Å². The van der Waals surface area contributed by atoms with E-state index in [4.69, 9.17) is 11.6 Å². The lowest BCUT2D eigenvalue weighted by Crippen LogP contribution is -2.61. The predicted octanol–water partition coefficient (Wildman–Crippen LogP) is 3.66. The van der Waals surface area contributed by atoms with Crippen molar-refractivity contribution < 1.29 is 9.59 Å². The zero-order valence-corrected chi connectivity index (χ0v) is 17.1. The summed E-state index contributed by atoms with van der Waals surface area (Å²) in [6.45, 7) is 0.949. The SMILES string of the molecule is O=C(CCNC(=O)NC12CC3CC(CC(C3)C1)C2)NCCc1ccc(Cl)cc1. The Hall–Kier alpha value is -1.75. The Morgan fingerprint density at radius 1 is 0.929 bits per heavy atom. The highest BCUT2D eigenvalue weighted by molar-refractivity contribution is 6.30. The van der Waals surface area contributed by atoms with Gasteiger partial charge in [0.2, 0.25) is 5.91 Å². The molecule has 1 aromatic rings. The number of benzene rings is 1. The topological polar surface area (TPSA) is 70.2 Å². The highest BCUT2D eigenvalue weighted by Crippen LogP contribution is 2.55. The number of hydrogen-bond donors (Lipinski definition) is 3. The van der Waals surface area contributed by atoms with Crippen molar-refractivity contribution in [2.75, 3.05) is 13.1 Å². The Bertz CT molecular complexity index is 684. The average molecular weight is 404 g/mol. The van der Waals surface area contributed by atoms with E-state index in [1.54, 1.807) is 0 Å². The zero-order valence-electron chi connectivity index (χ0n) is 16.3. The number of nitrogens with one attached hydrogen (secondary N) is 3. The molecule has 0 spiro atoms. The van der Waals surface area contributed by atoms with E-state index in [0.717, 1.165) is 49.0 Å². The molecule has 0 aromatic heterocycles. The zero-order chi connectivity index (χ0) is 19.6. The number of carbonyl (C=O) groups excluding carboxylic acids is 2. The second-order valence-electron chi connectivity index (χ2n) is 9.06. The normalized spacial score (nSPS) is 30.1. The van der Waals surface area contributed by atoms with Crippen molar-refractivity contribution in [3.8, 4) is 0 Å². The number of urea groups is 1. The van der Waals surface area contributed by atoms with Crippen LogP contribution in [0.15, 0.2) is 24.3 Å². The highest BCUT2D eigenvalue weighted by atomic mass is 35.5. The van der Waals surface area contributed by atoms with Gasteiger partial charge in [0, 0.05) is 30.1 Å². The van der Waals surface area contributed by atoms with Crippen molar-refractivity contribution in [1.29, 1.82) is 0 Å². The fourth-order valence-electron chi connectivity index (χ4n) is 5.92. The maximum absolute atomic E-state index is 12.4. The summed E-state index contributed by atoms with van der Waals surface area (Å²) in [6.07, 6.45) is 8.56. The third kappa shape index (κ3) is 4.80. The van der Waals surface area contributed by atoms with E-state index >= 15 is 0 Å². The molecule has 0 aliphatic heterocycles. The minimum atomic E-state index is -0.115. The maximum Gasteiger partial charge on any atom is 0.315 e. The van der Waals surface area contributed by atoms with Gasteiger partial charge in [0.1, 0.15) is 0 Å². The highest BCUT2D eigenvalue weighted by Gasteiger charge is 2.51. The Morgan fingerprint density at radius 3 is 2.14 bits per heavy atom. The first kappa shape index (κ1) is 19.6. The lowest BCUT2D eigenvalue weighted by atomic mass is 9.53. The van der Waals surface area contributed by atoms with Crippen LogP contribution in [0, 0.1) is 17.8 Å². The van der Waals surface area contributed by atoms with E-state index in [1.165, 1.54) is 19.3 Å². The first-order valence-electron chi connectivity index (χ1n) is 10.6. The second-order valence-corrected chi connectivity index (χ2v) is 9.49. The summed E-state index contributed by atoms with van der Waals surface area (Å²) in [5, 5.41) is 9.77. The third-order valence-electron chi connectivity index (χ3n) is 6.70. The molecular weight excluding hydrogens is 374 g/mol. The van der Waals surface area contributed by atoms with Crippen molar-refractivity contribution in [1.82, 2.24) is 16.0 Å². The minimum Gasteiger partial charge on any atom is -0.356 e. The van der Waals surface area contributed by atoms with Gasteiger partial charge in [-0.15, -0.1) is 0 Å². The lowest BCUT2D eigenvalue weighted by molar-refractivity contribution is -0.120. The van der Waals surface area contributed by atoms with Gasteiger partial charge in [-0.25, -0.2) is 4.79 Å².